The first-order valence-corrected chi connectivity index (χ1v) is 7.32. The molecule has 0 aliphatic heterocycles. The predicted octanol–water partition coefficient (Wildman–Crippen LogP) is 4.03. The molecule has 0 spiro atoms. The van der Waals surface area contributed by atoms with Gasteiger partial charge in [-0.25, -0.2) is 0 Å². The van der Waals surface area contributed by atoms with E-state index >= 15 is 0 Å². The van der Waals surface area contributed by atoms with Crippen molar-refractivity contribution in [1.82, 2.24) is 5.32 Å². The van der Waals surface area contributed by atoms with Gasteiger partial charge in [0, 0.05) is 6.54 Å². The largest absolute Gasteiger partial charge is 0.374 e. The van der Waals surface area contributed by atoms with Crippen molar-refractivity contribution in [2.75, 3.05) is 11.9 Å². The lowest BCUT2D eigenvalue weighted by Crippen LogP contribution is -2.29. The number of aryl methyl sites for hydroxylation is 1. The van der Waals surface area contributed by atoms with Gasteiger partial charge < -0.3 is 10.6 Å². The number of nitrogens with one attached hydrogen (secondary N) is 2. The Kier molecular flexibility index (Phi) is 5.48. The lowest BCUT2D eigenvalue weighted by Gasteiger charge is -2.10. The third-order valence-corrected chi connectivity index (χ3v) is 3.63. The SMILES string of the molecule is Cc1ccc(CNC(=O)CNc2c(Cl)cccc2Cl)cc1. The fourth-order valence-electron chi connectivity index (χ4n) is 1.80. The van der Waals surface area contributed by atoms with Crippen LogP contribution in [-0.2, 0) is 11.3 Å². The maximum atomic E-state index is 11.8. The second-order valence-corrected chi connectivity index (χ2v) is 5.53. The molecule has 0 unspecified atom stereocenters. The van der Waals surface area contributed by atoms with Crippen LogP contribution < -0.4 is 10.6 Å². The molecular formula is C16H16Cl2N2O. The van der Waals surface area contributed by atoms with Gasteiger partial charge in [0.25, 0.3) is 0 Å². The lowest BCUT2D eigenvalue weighted by molar-refractivity contribution is -0.119. The molecule has 0 saturated heterocycles. The first-order chi connectivity index (χ1) is 10.1. The van der Waals surface area contributed by atoms with Crippen LogP contribution in [0, 0.1) is 6.92 Å². The molecule has 0 bridgehead atoms. The van der Waals surface area contributed by atoms with Gasteiger partial charge in [-0.1, -0.05) is 59.1 Å². The Morgan fingerprint density at radius 3 is 2.29 bits per heavy atom. The van der Waals surface area contributed by atoms with Gasteiger partial charge in [-0.15, -0.1) is 0 Å². The van der Waals surface area contributed by atoms with Gasteiger partial charge in [0.05, 0.1) is 22.3 Å². The fraction of sp³-hybridized carbons (Fsp3) is 0.188. The van der Waals surface area contributed by atoms with Gasteiger partial charge >= 0.3 is 0 Å². The highest BCUT2D eigenvalue weighted by Gasteiger charge is 2.07. The monoisotopic (exact) mass is 322 g/mol. The van der Waals surface area contributed by atoms with Gasteiger partial charge in [0.15, 0.2) is 0 Å². The highest BCUT2D eigenvalue weighted by atomic mass is 35.5. The summed E-state index contributed by atoms with van der Waals surface area (Å²) < 4.78 is 0. The fourth-order valence-corrected chi connectivity index (χ4v) is 2.34. The number of halogens is 2. The van der Waals surface area contributed by atoms with E-state index in [4.69, 9.17) is 23.2 Å². The molecule has 2 aromatic rings. The molecule has 2 rings (SSSR count). The van der Waals surface area contributed by atoms with Crippen molar-refractivity contribution in [2.24, 2.45) is 0 Å². The van der Waals surface area contributed by atoms with E-state index in [1.807, 2.05) is 31.2 Å². The summed E-state index contributed by atoms with van der Waals surface area (Å²) in [5, 5.41) is 6.78. The number of benzene rings is 2. The molecule has 21 heavy (non-hydrogen) atoms. The highest BCUT2D eigenvalue weighted by Crippen LogP contribution is 2.29. The summed E-state index contributed by atoms with van der Waals surface area (Å²) in [5.74, 6) is -0.119. The molecule has 5 heteroatoms. The Morgan fingerprint density at radius 1 is 1.05 bits per heavy atom. The molecule has 0 aliphatic rings. The number of amides is 1. The average Bonchev–Trinajstić information content (AvgIpc) is 2.46. The lowest BCUT2D eigenvalue weighted by atomic mass is 10.1. The van der Waals surface area contributed by atoms with Crippen molar-refractivity contribution in [3.8, 4) is 0 Å². The molecule has 0 atom stereocenters. The minimum absolute atomic E-state index is 0.119. The number of hydrogen-bond acceptors (Lipinski definition) is 2. The Hall–Kier alpha value is -1.71. The predicted molar refractivity (Wildman–Crippen MR) is 88.0 cm³/mol. The summed E-state index contributed by atoms with van der Waals surface area (Å²) in [6, 6.07) is 13.2. The number of carbonyl (C=O) groups is 1. The molecular weight excluding hydrogens is 307 g/mol. The van der Waals surface area contributed by atoms with Crippen molar-refractivity contribution < 1.29 is 4.79 Å². The van der Waals surface area contributed by atoms with E-state index in [0.29, 0.717) is 22.3 Å². The molecule has 0 heterocycles. The molecule has 110 valence electrons. The topological polar surface area (TPSA) is 41.1 Å². The van der Waals surface area contributed by atoms with Crippen LogP contribution in [0.25, 0.3) is 0 Å². The van der Waals surface area contributed by atoms with Crippen LogP contribution in [0.1, 0.15) is 11.1 Å². The highest BCUT2D eigenvalue weighted by molar-refractivity contribution is 6.39. The number of para-hydroxylation sites is 1. The maximum absolute atomic E-state index is 11.8. The second-order valence-electron chi connectivity index (χ2n) is 4.71. The summed E-state index contributed by atoms with van der Waals surface area (Å²) in [4.78, 5) is 11.8. The van der Waals surface area contributed by atoms with Crippen LogP contribution in [0.3, 0.4) is 0 Å². The van der Waals surface area contributed by atoms with Crippen LogP contribution >= 0.6 is 23.2 Å². The number of anilines is 1. The van der Waals surface area contributed by atoms with Crippen LogP contribution in [0.2, 0.25) is 10.0 Å². The second kappa shape index (κ2) is 7.34. The van der Waals surface area contributed by atoms with Gasteiger partial charge in [-0.2, -0.15) is 0 Å². The van der Waals surface area contributed by atoms with E-state index in [0.717, 1.165) is 5.56 Å². The first-order valence-electron chi connectivity index (χ1n) is 6.56. The van der Waals surface area contributed by atoms with Crippen molar-refractivity contribution in [3.05, 3.63) is 63.6 Å². The van der Waals surface area contributed by atoms with E-state index < -0.39 is 0 Å². The normalized spacial score (nSPS) is 10.2. The van der Waals surface area contributed by atoms with E-state index in [1.54, 1.807) is 18.2 Å². The number of rotatable bonds is 5. The Balaban J connectivity index is 1.84. The third-order valence-electron chi connectivity index (χ3n) is 3.00. The van der Waals surface area contributed by atoms with Crippen LogP contribution in [0.4, 0.5) is 5.69 Å². The zero-order valence-corrected chi connectivity index (χ0v) is 13.1. The number of hydrogen-bond donors (Lipinski definition) is 2. The van der Waals surface area contributed by atoms with Gasteiger partial charge in [-0.3, -0.25) is 4.79 Å². The van der Waals surface area contributed by atoms with Crippen molar-refractivity contribution >= 4 is 34.8 Å². The van der Waals surface area contributed by atoms with Crippen molar-refractivity contribution in [2.45, 2.75) is 13.5 Å². The molecule has 1 amide bonds. The molecule has 0 aromatic heterocycles. The van der Waals surface area contributed by atoms with E-state index in [1.165, 1.54) is 5.56 Å². The quantitative estimate of drug-likeness (QED) is 0.872. The first kappa shape index (κ1) is 15.7. The van der Waals surface area contributed by atoms with Gasteiger partial charge in [0.1, 0.15) is 0 Å². The molecule has 0 saturated carbocycles. The molecule has 0 aliphatic carbocycles. The standard InChI is InChI=1S/C16H16Cl2N2O/c1-11-5-7-12(8-6-11)9-19-15(21)10-20-16-13(17)3-2-4-14(16)18/h2-8,20H,9-10H2,1H3,(H,19,21). The van der Waals surface area contributed by atoms with Gasteiger partial charge in [-0.05, 0) is 24.6 Å². The average molecular weight is 323 g/mol. The Bertz CT molecular complexity index is 606. The summed E-state index contributed by atoms with van der Waals surface area (Å²) in [5.41, 5.74) is 2.83. The van der Waals surface area contributed by atoms with Gasteiger partial charge in [0.2, 0.25) is 5.91 Å². The summed E-state index contributed by atoms with van der Waals surface area (Å²) in [6.45, 7) is 2.64. The van der Waals surface area contributed by atoms with Crippen LogP contribution in [0.15, 0.2) is 42.5 Å². The molecule has 0 fully saturated rings. The van der Waals surface area contributed by atoms with E-state index in [9.17, 15) is 4.79 Å². The summed E-state index contributed by atoms with van der Waals surface area (Å²) in [7, 11) is 0. The number of carbonyl (C=O) groups excluding carboxylic acids is 1. The smallest absolute Gasteiger partial charge is 0.239 e. The summed E-state index contributed by atoms with van der Waals surface area (Å²) >= 11 is 12.0. The van der Waals surface area contributed by atoms with E-state index in [-0.39, 0.29) is 12.5 Å². The van der Waals surface area contributed by atoms with Crippen molar-refractivity contribution in [1.29, 1.82) is 0 Å². The Labute approximate surface area is 134 Å². The molecule has 0 radical (unpaired) electrons. The zero-order chi connectivity index (χ0) is 15.2. The molecule has 3 nitrogen and oxygen atoms in total. The van der Waals surface area contributed by atoms with E-state index in [2.05, 4.69) is 10.6 Å². The van der Waals surface area contributed by atoms with Crippen LogP contribution in [-0.4, -0.2) is 12.5 Å². The third kappa shape index (κ3) is 4.66. The van der Waals surface area contributed by atoms with Crippen LogP contribution in [0.5, 0.6) is 0 Å². The summed E-state index contributed by atoms with van der Waals surface area (Å²) in [6.07, 6.45) is 0. The minimum Gasteiger partial charge on any atom is -0.374 e. The maximum Gasteiger partial charge on any atom is 0.239 e. The zero-order valence-electron chi connectivity index (χ0n) is 11.6. The molecule has 2 N–H and O–H groups in total. The Morgan fingerprint density at radius 2 is 1.67 bits per heavy atom. The minimum atomic E-state index is -0.119. The molecule has 2 aromatic carbocycles. The van der Waals surface area contributed by atoms with Crippen molar-refractivity contribution in [3.63, 3.8) is 0 Å².